The van der Waals surface area contributed by atoms with Gasteiger partial charge >= 0.3 is 6.03 Å². The van der Waals surface area contributed by atoms with E-state index in [0.29, 0.717) is 6.61 Å². The molecule has 0 spiro atoms. The molecule has 1 aliphatic heterocycles. The van der Waals surface area contributed by atoms with Gasteiger partial charge in [0.15, 0.2) is 0 Å². The van der Waals surface area contributed by atoms with Gasteiger partial charge in [0.1, 0.15) is 0 Å². The van der Waals surface area contributed by atoms with Crippen molar-refractivity contribution >= 4 is 11.9 Å². The summed E-state index contributed by atoms with van der Waals surface area (Å²) in [5, 5.41) is 5.00. The lowest BCUT2D eigenvalue weighted by atomic mass is 10.0. The van der Waals surface area contributed by atoms with Crippen LogP contribution in [-0.2, 0) is 9.53 Å². The molecule has 6 nitrogen and oxygen atoms in total. The number of imide groups is 1. The van der Waals surface area contributed by atoms with Gasteiger partial charge in [-0.05, 0) is 12.8 Å². The fourth-order valence-corrected chi connectivity index (χ4v) is 1.66. The van der Waals surface area contributed by atoms with Crippen molar-refractivity contribution in [1.29, 1.82) is 0 Å². The van der Waals surface area contributed by atoms with E-state index in [1.54, 1.807) is 6.08 Å². The van der Waals surface area contributed by atoms with Crippen molar-refractivity contribution in [2.24, 2.45) is 5.73 Å². The minimum absolute atomic E-state index is 0.0430. The first kappa shape index (κ1) is 12.7. The zero-order valence-corrected chi connectivity index (χ0v) is 9.07. The molecule has 1 saturated heterocycles. The zero-order chi connectivity index (χ0) is 12.0. The van der Waals surface area contributed by atoms with E-state index in [1.165, 1.54) is 0 Å². The van der Waals surface area contributed by atoms with Crippen LogP contribution in [0.1, 0.15) is 12.8 Å². The number of ether oxygens (including phenoxy) is 1. The number of hydrogen-bond acceptors (Lipinski definition) is 4. The van der Waals surface area contributed by atoms with E-state index in [0.717, 1.165) is 12.8 Å². The largest absolute Gasteiger partial charge is 0.373 e. The highest BCUT2D eigenvalue weighted by Crippen LogP contribution is 2.14. The highest BCUT2D eigenvalue weighted by atomic mass is 16.5. The number of urea groups is 1. The van der Waals surface area contributed by atoms with E-state index >= 15 is 0 Å². The number of primary amides is 1. The fraction of sp³-hybridized carbons (Fsp3) is 0.600. The van der Waals surface area contributed by atoms with Crippen molar-refractivity contribution in [3.05, 3.63) is 12.7 Å². The fourth-order valence-electron chi connectivity index (χ4n) is 1.66. The van der Waals surface area contributed by atoms with Crippen molar-refractivity contribution in [3.63, 3.8) is 0 Å². The van der Waals surface area contributed by atoms with Gasteiger partial charge in [-0.15, -0.1) is 6.58 Å². The molecular weight excluding hydrogens is 210 g/mol. The number of carbonyl (C=O) groups excluding carboxylic acids is 2. The molecule has 0 aliphatic carbocycles. The summed E-state index contributed by atoms with van der Waals surface area (Å²) in [6.07, 6.45) is 3.48. The molecule has 16 heavy (non-hydrogen) atoms. The van der Waals surface area contributed by atoms with Crippen LogP contribution in [0.5, 0.6) is 0 Å². The molecule has 90 valence electrons. The average Bonchev–Trinajstić information content (AvgIpc) is 2.26. The van der Waals surface area contributed by atoms with E-state index < -0.39 is 11.9 Å². The monoisotopic (exact) mass is 227 g/mol. The Labute approximate surface area is 94.2 Å². The second-order valence-corrected chi connectivity index (χ2v) is 3.61. The summed E-state index contributed by atoms with van der Waals surface area (Å²) in [4.78, 5) is 21.6. The van der Waals surface area contributed by atoms with Crippen molar-refractivity contribution in [2.45, 2.75) is 25.0 Å². The molecule has 1 rings (SSSR count). The van der Waals surface area contributed by atoms with Gasteiger partial charge in [-0.25, -0.2) is 4.79 Å². The van der Waals surface area contributed by atoms with E-state index in [4.69, 9.17) is 10.5 Å². The Morgan fingerprint density at radius 3 is 2.94 bits per heavy atom. The Morgan fingerprint density at radius 1 is 1.56 bits per heavy atom. The third-order valence-corrected chi connectivity index (χ3v) is 2.39. The highest BCUT2D eigenvalue weighted by Gasteiger charge is 2.23. The summed E-state index contributed by atoms with van der Waals surface area (Å²) < 4.78 is 5.45. The van der Waals surface area contributed by atoms with Gasteiger partial charge in [0.2, 0.25) is 5.91 Å². The smallest absolute Gasteiger partial charge is 0.318 e. The van der Waals surface area contributed by atoms with E-state index in [9.17, 15) is 9.59 Å². The molecule has 0 aromatic rings. The third-order valence-electron chi connectivity index (χ3n) is 2.39. The molecule has 0 saturated carbocycles. The first-order valence-electron chi connectivity index (χ1n) is 5.20. The van der Waals surface area contributed by atoms with Crippen LogP contribution >= 0.6 is 0 Å². The second kappa shape index (κ2) is 6.24. The summed E-state index contributed by atoms with van der Waals surface area (Å²) in [7, 11) is 0. The summed E-state index contributed by atoms with van der Waals surface area (Å²) in [6.45, 7) is 4.42. The minimum Gasteiger partial charge on any atom is -0.373 e. The van der Waals surface area contributed by atoms with Crippen LogP contribution in [0.3, 0.4) is 0 Å². The van der Waals surface area contributed by atoms with Crippen LogP contribution < -0.4 is 16.4 Å². The molecule has 1 heterocycles. The second-order valence-electron chi connectivity index (χ2n) is 3.61. The predicted molar refractivity (Wildman–Crippen MR) is 58.7 cm³/mol. The normalized spacial score (nSPS) is 24.8. The summed E-state index contributed by atoms with van der Waals surface area (Å²) >= 11 is 0. The van der Waals surface area contributed by atoms with Gasteiger partial charge < -0.3 is 15.8 Å². The maximum absolute atomic E-state index is 11.2. The summed E-state index contributed by atoms with van der Waals surface area (Å²) in [5.41, 5.74) is 4.82. The number of nitrogens with one attached hydrogen (secondary N) is 2. The van der Waals surface area contributed by atoms with Crippen molar-refractivity contribution in [3.8, 4) is 0 Å². The van der Waals surface area contributed by atoms with Gasteiger partial charge in [0, 0.05) is 12.6 Å². The van der Waals surface area contributed by atoms with Gasteiger partial charge in [-0.3, -0.25) is 10.1 Å². The molecule has 0 unspecified atom stereocenters. The Bertz CT molecular complexity index is 280. The van der Waals surface area contributed by atoms with Crippen LogP contribution in [0, 0.1) is 0 Å². The van der Waals surface area contributed by atoms with Gasteiger partial charge in [0.25, 0.3) is 0 Å². The summed E-state index contributed by atoms with van der Waals surface area (Å²) in [5.74, 6) is -0.444. The lowest BCUT2D eigenvalue weighted by Crippen LogP contribution is -2.48. The lowest BCUT2D eigenvalue weighted by Gasteiger charge is -2.30. The zero-order valence-electron chi connectivity index (χ0n) is 9.07. The molecule has 3 amide bonds. The number of hydrogen-bond donors (Lipinski definition) is 3. The molecular formula is C10H17N3O3. The van der Waals surface area contributed by atoms with Crippen LogP contribution in [0.2, 0.25) is 0 Å². The summed E-state index contributed by atoms with van der Waals surface area (Å²) in [6, 6.07) is -0.781. The number of carbonyl (C=O) groups is 2. The van der Waals surface area contributed by atoms with Gasteiger partial charge in [-0.1, -0.05) is 6.08 Å². The molecule has 4 N–H and O–H groups in total. The SMILES string of the molecule is C=C[C@@H]1OCCC[C@H]1NCC(=O)NC(N)=O. The highest BCUT2D eigenvalue weighted by molar-refractivity contribution is 5.94. The number of rotatable bonds is 4. The van der Waals surface area contributed by atoms with Crippen LogP contribution in [0.25, 0.3) is 0 Å². The van der Waals surface area contributed by atoms with Crippen molar-refractivity contribution < 1.29 is 14.3 Å². The van der Waals surface area contributed by atoms with Crippen molar-refractivity contribution in [1.82, 2.24) is 10.6 Å². The van der Waals surface area contributed by atoms with Crippen LogP contribution in [-0.4, -0.2) is 37.2 Å². The van der Waals surface area contributed by atoms with Gasteiger partial charge in [-0.2, -0.15) is 0 Å². The van der Waals surface area contributed by atoms with Crippen molar-refractivity contribution in [2.75, 3.05) is 13.2 Å². The molecule has 0 aromatic heterocycles. The molecule has 0 radical (unpaired) electrons. The van der Waals surface area contributed by atoms with Crippen LogP contribution in [0.15, 0.2) is 12.7 Å². The predicted octanol–water partition coefficient (Wildman–Crippen LogP) is -0.495. The first-order valence-corrected chi connectivity index (χ1v) is 5.20. The molecule has 2 atom stereocenters. The van der Waals surface area contributed by atoms with E-state index in [-0.39, 0.29) is 18.7 Å². The maximum Gasteiger partial charge on any atom is 0.318 e. The Morgan fingerprint density at radius 2 is 2.31 bits per heavy atom. The van der Waals surface area contributed by atoms with E-state index in [1.807, 2.05) is 5.32 Å². The topological polar surface area (TPSA) is 93.4 Å². The van der Waals surface area contributed by atoms with E-state index in [2.05, 4.69) is 11.9 Å². The number of nitrogens with two attached hydrogens (primary N) is 1. The Kier molecular flexibility index (Phi) is 4.94. The maximum atomic E-state index is 11.2. The molecule has 6 heteroatoms. The minimum atomic E-state index is -0.841. The quantitative estimate of drug-likeness (QED) is 0.565. The molecule has 0 bridgehead atoms. The van der Waals surface area contributed by atoms with Crippen LogP contribution in [0.4, 0.5) is 4.79 Å². The molecule has 1 aliphatic rings. The lowest BCUT2D eigenvalue weighted by molar-refractivity contribution is -0.119. The molecule has 0 aromatic carbocycles. The van der Waals surface area contributed by atoms with Gasteiger partial charge in [0.05, 0.1) is 12.6 Å². The first-order chi connectivity index (χ1) is 7.63. The average molecular weight is 227 g/mol. The molecule has 1 fully saturated rings. The standard InChI is InChI=1S/C10H17N3O3/c1-2-8-7(4-3-5-16-8)12-6-9(14)13-10(11)15/h2,7-8,12H,1,3-6H2,(H3,11,13,14,15)/t7-,8+/m1/s1. The Hall–Kier alpha value is -1.40. The number of amides is 3. The third kappa shape index (κ3) is 4.00. The Balaban J connectivity index is 2.32.